The number of hydrogen-bond donors (Lipinski definition) is 1. The Morgan fingerprint density at radius 1 is 1.40 bits per heavy atom. The zero-order valence-electron chi connectivity index (χ0n) is 7.02. The van der Waals surface area contributed by atoms with Crippen LogP contribution in [0, 0.1) is 6.92 Å². The van der Waals surface area contributed by atoms with Crippen molar-refractivity contribution < 1.29 is 0 Å². The Kier molecular flexibility index (Phi) is 5.83. The molecule has 0 fully saturated rings. The van der Waals surface area contributed by atoms with E-state index in [0.717, 1.165) is 5.69 Å². The van der Waals surface area contributed by atoms with E-state index < -0.39 is 0 Å². The van der Waals surface area contributed by atoms with Gasteiger partial charge in [0.05, 0.1) is 12.0 Å². The van der Waals surface area contributed by atoms with E-state index in [2.05, 4.69) is 23.8 Å². The average molecular weight is 140 g/mol. The second-order valence-corrected chi connectivity index (χ2v) is 2.21. The van der Waals surface area contributed by atoms with Crippen molar-refractivity contribution in [3.05, 3.63) is 18.2 Å². The van der Waals surface area contributed by atoms with Crippen molar-refractivity contribution in [2.24, 2.45) is 0 Å². The number of imidazole rings is 1. The van der Waals surface area contributed by atoms with Crippen LogP contribution in [0.25, 0.3) is 0 Å². The molecule has 0 aromatic carbocycles. The van der Waals surface area contributed by atoms with Gasteiger partial charge < -0.3 is 4.98 Å². The molecule has 0 radical (unpaired) electrons. The minimum absolute atomic E-state index is 1.04. The smallest absolute Gasteiger partial charge is 0.0922 e. The molecule has 0 aliphatic carbocycles. The normalized spacial score (nSPS) is 8.30. The van der Waals surface area contributed by atoms with Crippen molar-refractivity contribution in [1.82, 2.24) is 9.97 Å². The predicted molar refractivity (Wildman–Crippen MR) is 43.9 cm³/mol. The Morgan fingerprint density at radius 3 is 2.10 bits per heavy atom. The fraction of sp³-hybridized carbons (Fsp3) is 0.625. The van der Waals surface area contributed by atoms with Gasteiger partial charge in [-0.1, -0.05) is 26.7 Å². The number of hydrogen-bond acceptors (Lipinski definition) is 1. The maximum absolute atomic E-state index is 3.86. The topological polar surface area (TPSA) is 28.7 Å². The van der Waals surface area contributed by atoms with Crippen molar-refractivity contribution in [3.8, 4) is 0 Å². The number of aryl methyl sites for hydroxylation is 1. The Hall–Kier alpha value is -0.790. The standard InChI is InChI=1S/C4H6N2.C4H10/c1-4-2-5-3-6-4;1-3-4-2/h2-3H,1H3,(H,5,6);3-4H2,1-2H3. The molecule has 0 atom stereocenters. The maximum Gasteiger partial charge on any atom is 0.0922 e. The molecule has 1 aromatic heterocycles. The predicted octanol–water partition coefficient (Wildman–Crippen LogP) is 2.52. The van der Waals surface area contributed by atoms with E-state index in [1.54, 1.807) is 6.33 Å². The molecule has 0 aliphatic heterocycles. The van der Waals surface area contributed by atoms with Crippen LogP contribution in [-0.2, 0) is 0 Å². The SMILES string of the molecule is CCCC.Cc1c[nH]cn1. The van der Waals surface area contributed by atoms with Gasteiger partial charge in [0.2, 0.25) is 0 Å². The van der Waals surface area contributed by atoms with Crippen molar-refractivity contribution in [2.45, 2.75) is 33.6 Å². The quantitative estimate of drug-likeness (QED) is 0.638. The third-order valence-electron chi connectivity index (χ3n) is 1.13. The van der Waals surface area contributed by atoms with E-state index in [1.807, 2.05) is 13.1 Å². The molecule has 0 saturated carbocycles. The number of aromatic amines is 1. The van der Waals surface area contributed by atoms with E-state index in [-0.39, 0.29) is 0 Å². The monoisotopic (exact) mass is 140 g/mol. The van der Waals surface area contributed by atoms with Gasteiger partial charge in [-0.15, -0.1) is 0 Å². The van der Waals surface area contributed by atoms with Crippen LogP contribution in [0.5, 0.6) is 0 Å². The van der Waals surface area contributed by atoms with Crippen molar-refractivity contribution >= 4 is 0 Å². The van der Waals surface area contributed by atoms with E-state index in [9.17, 15) is 0 Å². The van der Waals surface area contributed by atoms with Gasteiger partial charge in [0.1, 0.15) is 0 Å². The van der Waals surface area contributed by atoms with Gasteiger partial charge in [-0.25, -0.2) is 4.98 Å². The van der Waals surface area contributed by atoms with Gasteiger partial charge in [-0.2, -0.15) is 0 Å². The Balaban J connectivity index is 0.000000180. The van der Waals surface area contributed by atoms with Gasteiger partial charge in [-0.05, 0) is 6.92 Å². The Bertz CT molecular complexity index is 131. The zero-order chi connectivity index (χ0) is 7.82. The van der Waals surface area contributed by atoms with Crippen molar-refractivity contribution in [2.75, 3.05) is 0 Å². The number of aromatic nitrogens is 2. The lowest BCUT2D eigenvalue weighted by Crippen LogP contribution is -1.59. The highest BCUT2D eigenvalue weighted by atomic mass is 14.8. The summed E-state index contributed by atoms with van der Waals surface area (Å²) in [6.07, 6.45) is 6.15. The average Bonchev–Trinajstić information content (AvgIpc) is 2.40. The molecule has 0 unspecified atom stereocenters. The Morgan fingerprint density at radius 2 is 2.00 bits per heavy atom. The van der Waals surface area contributed by atoms with Crippen molar-refractivity contribution in [3.63, 3.8) is 0 Å². The van der Waals surface area contributed by atoms with E-state index in [4.69, 9.17) is 0 Å². The number of nitrogens with zero attached hydrogens (tertiary/aromatic N) is 1. The van der Waals surface area contributed by atoms with Gasteiger partial charge in [0.25, 0.3) is 0 Å². The molecule has 1 heterocycles. The molecule has 0 bridgehead atoms. The molecule has 2 heteroatoms. The lowest BCUT2D eigenvalue weighted by Gasteiger charge is -1.68. The minimum Gasteiger partial charge on any atom is -0.351 e. The first kappa shape index (κ1) is 9.21. The molecular weight excluding hydrogens is 124 g/mol. The van der Waals surface area contributed by atoms with Gasteiger partial charge in [0.15, 0.2) is 0 Å². The van der Waals surface area contributed by atoms with Crippen LogP contribution in [0.15, 0.2) is 12.5 Å². The van der Waals surface area contributed by atoms with Gasteiger partial charge in [-0.3, -0.25) is 0 Å². The fourth-order valence-electron chi connectivity index (χ4n) is 0.334. The lowest BCUT2D eigenvalue weighted by molar-refractivity contribution is 0.886. The molecule has 0 aliphatic rings. The molecule has 1 aromatic rings. The zero-order valence-corrected chi connectivity index (χ0v) is 7.02. The largest absolute Gasteiger partial charge is 0.351 e. The van der Waals surface area contributed by atoms with Crippen molar-refractivity contribution in [1.29, 1.82) is 0 Å². The molecule has 0 amide bonds. The second kappa shape index (κ2) is 6.33. The molecule has 1 N–H and O–H groups in total. The van der Waals surface area contributed by atoms with Gasteiger partial charge in [0, 0.05) is 6.20 Å². The first-order chi connectivity index (χ1) is 4.81. The van der Waals surface area contributed by atoms with Crippen LogP contribution < -0.4 is 0 Å². The van der Waals surface area contributed by atoms with Crippen LogP contribution >= 0.6 is 0 Å². The summed E-state index contributed by atoms with van der Waals surface area (Å²) in [4.78, 5) is 6.68. The second-order valence-electron chi connectivity index (χ2n) is 2.21. The molecule has 58 valence electrons. The summed E-state index contributed by atoms with van der Waals surface area (Å²) in [6.45, 7) is 6.30. The fourth-order valence-corrected chi connectivity index (χ4v) is 0.334. The highest BCUT2D eigenvalue weighted by molar-refractivity contribution is 4.87. The summed E-state index contributed by atoms with van der Waals surface area (Å²) >= 11 is 0. The Labute approximate surface area is 62.7 Å². The molecule has 0 saturated heterocycles. The first-order valence-corrected chi connectivity index (χ1v) is 3.76. The highest BCUT2D eigenvalue weighted by Crippen LogP contribution is 1.81. The third kappa shape index (κ3) is 5.35. The third-order valence-corrected chi connectivity index (χ3v) is 1.13. The van der Waals surface area contributed by atoms with E-state index in [0.29, 0.717) is 0 Å². The molecular formula is C8H16N2. The van der Waals surface area contributed by atoms with Gasteiger partial charge >= 0.3 is 0 Å². The summed E-state index contributed by atoms with van der Waals surface area (Å²) in [5.41, 5.74) is 1.04. The molecule has 1 rings (SSSR count). The summed E-state index contributed by atoms with van der Waals surface area (Å²) in [7, 11) is 0. The number of rotatable bonds is 1. The van der Waals surface area contributed by atoms with Crippen LogP contribution in [0.2, 0.25) is 0 Å². The lowest BCUT2D eigenvalue weighted by atomic mass is 10.4. The van der Waals surface area contributed by atoms with Crippen LogP contribution in [0.3, 0.4) is 0 Å². The van der Waals surface area contributed by atoms with Crippen LogP contribution in [-0.4, -0.2) is 9.97 Å². The van der Waals surface area contributed by atoms with Crippen LogP contribution in [0.1, 0.15) is 32.4 Å². The molecule has 10 heavy (non-hydrogen) atoms. The molecule has 0 spiro atoms. The summed E-state index contributed by atoms with van der Waals surface area (Å²) in [5, 5.41) is 0. The number of unbranched alkanes of at least 4 members (excludes halogenated alkanes) is 1. The summed E-state index contributed by atoms with van der Waals surface area (Å²) < 4.78 is 0. The minimum atomic E-state index is 1.04. The first-order valence-electron chi connectivity index (χ1n) is 3.76. The highest BCUT2D eigenvalue weighted by Gasteiger charge is 1.74. The van der Waals surface area contributed by atoms with E-state index in [1.165, 1.54) is 12.8 Å². The van der Waals surface area contributed by atoms with Crippen LogP contribution in [0.4, 0.5) is 0 Å². The number of nitrogens with one attached hydrogen (secondary N) is 1. The summed E-state index contributed by atoms with van der Waals surface area (Å²) in [6, 6.07) is 0. The molecule has 2 nitrogen and oxygen atoms in total. The van der Waals surface area contributed by atoms with E-state index >= 15 is 0 Å². The maximum atomic E-state index is 3.86. The summed E-state index contributed by atoms with van der Waals surface area (Å²) in [5.74, 6) is 0. The number of H-pyrrole nitrogens is 1.